The molecule has 2 aromatic rings. The van der Waals surface area contributed by atoms with Gasteiger partial charge in [0.15, 0.2) is 11.5 Å². The second-order valence-corrected chi connectivity index (χ2v) is 4.28. The minimum absolute atomic E-state index is 0.300. The van der Waals surface area contributed by atoms with Crippen molar-refractivity contribution in [1.82, 2.24) is 4.98 Å². The molecule has 0 fully saturated rings. The first-order valence-electron chi connectivity index (χ1n) is 6.33. The van der Waals surface area contributed by atoms with Crippen molar-refractivity contribution in [2.24, 2.45) is 0 Å². The molecule has 0 spiro atoms. The third-order valence-electron chi connectivity index (χ3n) is 2.97. The summed E-state index contributed by atoms with van der Waals surface area (Å²) in [5, 5.41) is 1.85. The van der Waals surface area contributed by atoms with Gasteiger partial charge in [-0.2, -0.15) is 0 Å². The van der Waals surface area contributed by atoms with E-state index in [1.807, 2.05) is 19.1 Å². The van der Waals surface area contributed by atoms with Gasteiger partial charge < -0.3 is 14.2 Å². The third kappa shape index (κ3) is 2.66. The van der Waals surface area contributed by atoms with Crippen LogP contribution >= 0.6 is 0 Å². The molecule has 0 bridgehead atoms. The summed E-state index contributed by atoms with van der Waals surface area (Å²) in [6.45, 7) is 3.35. The fraction of sp³-hybridized carbons (Fsp3) is 0.333. The number of hydrogen-bond donors (Lipinski definition) is 0. The van der Waals surface area contributed by atoms with Gasteiger partial charge in [0, 0.05) is 18.4 Å². The lowest BCUT2D eigenvalue weighted by atomic mass is 10.1. The summed E-state index contributed by atoms with van der Waals surface area (Å²) in [4.78, 5) is 15.4. The maximum atomic E-state index is 11.1. The zero-order valence-corrected chi connectivity index (χ0v) is 12.0. The molecular weight excluding hydrogens is 258 g/mol. The van der Waals surface area contributed by atoms with Gasteiger partial charge in [-0.3, -0.25) is 4.79 Å². The first kappa shape index (κ1) is 14.1. The second kappa shape index (κ2) is 5.77. The summed E-state index contributed by atoms with van der Waals surface area (Å²) >= 11 is 0. The van der Waals surface area contributed by atoms with Crippen LogP contribution in [0.4, 0.5) is 0 Å². The molecule has 0 N–H and O–H groups in total. The van der Waals surface area contributed by atoms with Crippen molar-refractivity contribution >= 4 is 16.7 Å². The Morgan fingerprint density at radius 2 is 1.80 bits per heavy atom. The number of aromatic nitrogens is 1. The zero-order chi connectivity index (χ0) is 14.7. The molecular formula is C15H17NO4. The van der Waals surface area contributed by atoms with Crippen LogP contribution in [0.1, 0.15) is 19.5 Å². The molecule has 106 valence electrons. The van der Waals surface area contributed by atoms with Gasteiger partial charge >= 0.3 is 5.97 Å². The fourth-order valence-electron chi connectivity index (χ4n) is 2.09. The topological polar surface area (TPSA) is 57.7 Å². The van der Waals surface area contributed by atoms with Crippen LogP contribution in [0, 0.1) is 0 Å². The number of methoxy groups -OCH3 is 2. The van der Waals surface area contributed by atoms with E-state index in [0.717, 1.165) is 22.9 Å². The number of nitrogens with zero attached hydrogens (tertiary/aromatic N) is 1. The Kier molecular flexibility index (Phi) is 4.08. The molecule has 20 heavy (non-hydrogen) atoms. The Balaban J connectivity index is 2.67. The van der Waals surface area contributed by atoms with Crippen LogP contribution in [0.2, 0.25) is 0 Å². The molecule has 0 atom stereocenters. The summed E-state index contributed by atoms with van der Waals surface area (Å²) < 4.78 is 15.7. The van der Waals surface area contributed by atoms with E-state index in [1.165, 1.54) is 6.92 Å². The second-order valence-electron chi connectivity index (χ2n) is 4.28. The first-order chi connectivity index (χ1) is 9.58. The fourth-order valence-corrected chi connectivity index (χ4v) is 2.09. The molecule has 1 aromatic carbocycles. The molecule has 0 aliphatic heterocycles. The van der Waals surface area contributed by atoms with E-state index in [9.17, 15) is 4.79 Å². The Morgan fingerprint density at radius 3 is 2.35 bits per heavy atom. The standard InChI is InChI=1S/C15H17NO4/c1-5-12-11-8-14(19-4)13(18-3)6-10(11)7-15(16-12)20-9(2)17/h6-8H,5H2,1-4H3. The van der Waals surface area contributed by atoms with E-state index in [1.54, 1.807) is 20.3 Å². The van der Waals surface area contributed by atoms with E-state index in [-0.39, 0.29) is 5.97 Å². The summed E-state index contributed by atoms with van der Waals surface area (Å²) in [6.07, 6.45) is 0.723. The summed E-state index contributed by atoms with van der Waals surface area (Å²) in [5.74, 6) is 1.19. The number of carbonyl (C=O) groups is 1. The van der Waals surface area contributed by atoms with Crippen molar-refractivity contribution < 1.29 is 19.0 Å². The highest BCUT2D eigenvalue weighted by atomic mass is 16.5. The monoisotopic (exact) mass is 275 g/mol. The van der Waals surface area contributed by atoms with Crippen molar-refractivity contribution in [3.05, 3.63) is 23.9 Å². The summed E-state index contributed by atoms with van der Waals surface area (Å²) in [5.41, 5.74) is 0.847. The lowest BCUT2D eigenvalue weighted by Gasteiger charge is -2.12. The molecule has 2 rings (SSSR count). The van der Waals surface area contributed by atoms with Crippen LogP contribution in [-0.4, -0.2) is 25.2 Å². The highest BCUT2D eigenvalue weighted by molar-refractivity contribution is 5.89. The van der Waals surface area contributed by atoms with Gasteiger partial charge in [0.2, 0.25) is 5.88 Å². The lowest BCUT2D eigenvalue weighted by Crippen LogP contribution is -2.04. The molecule has 0 aliphatic carbocycles. The molecule has 5 nitrogen and oxygen atoms in total. The number of benzene rings is 1. The number of rotatable bonds is 4. The zero-order valence-electron chi connectivity index (χ0n) is 12.0. The van der Waals surface area contributed by atoms with Crippen LogP contribution in [0.3, 0.4) is 0 Å². The number of hydrogen-bond acceptors (Lipinski definition) is 5. The number of esters is 1. The van der Waals surface area contributed by atoms with E-state index < -0.39 is 0 Å². The van der Waals surface area contributed by atoms with Crippen molar-refractivity contribution in [3.8, 4) is 17.4 Å². The Hall–Kier alpha value is -2.30. The maximum Gasteiger partial charge on any atom is 0.309 e. The quantitative estimate of drug-likeness (QED) is 0.803. The van der Waals surface area contributed by atoms with E-state index in [2.05, 4.69) is 4.98 Å². The SMILES string of the molecule is CCc1nc(OC(C)=O)cc2cc(OC)c(OC)cc12. The Bertz CT molecular complexity index is 652. The predicted molar refractivity (Wildman–Crippen MR) is 75.5 cm³/mol. The minimum Gasteiger partial charge on any atom is -0.493 e. The number of aryl methyl sites for hydroxylation is 1. The molecule has 0 aliphatic rings. The van der Waals surface area contributed by atoms with Gasteiger partial charge in [-0.05, 0) is 23.9 Å². The molecule has 1 heterocycles. The largest absolute Gasteiger partial charge is 0.493 e. The van der Waals surface area contributed by atoms with E-state index >= 15 is 0 Å². The normalized spacial score (nSPS) is 10.4. The van der Waals surface area contributed by atoms with Crippen LogP contribution in [0.15, 0.2) is 18.2 Å². The first-order valence-corrected chi connectivity index (χ1v) is 6.33. The van der Waals surface area contributed by atoms with E-state index in [0.29, 0.717) is 17.4 Å². The summed E-state index contributed by atoms with van der Waals surface area (Å²) in [7, 11) is 3.18. The van der Waals surface area contributed by atoms with E-state index in [4.69, 9.17) is 14.2 Å². The molecule has 0 saturated heterocycles. The Labute approximate surface area is 117 Å². The number of pyridine rings is 1. The molecule has 1 aromatic heterocycles. The minimum atomic E-state index is -0.389. The van der Waals surface area contributed by atoms with Gasteiger partial charge in [0.25, 0.3) is 0 Å². The smallest absolute Gasteiger partial charge is 0.309 e. The maximum absolute atomic E-state index is 11.1. The molecule has 0 radical (unpaired) electrons. The van der Waals surface area contributed by atoms with Crippen molar-refractivity contribution in [2.75, 3.05) is 14.2 Å². The van der Waals surface area contributed by atoms with Crippen LogP contribution in [-0.2, 0) is 11.2 Å². The van der Waals surface area contributed by atoms with Crippen molar-refractivity contribution in [1.29, 1.82) is 0 Å². The lowest BCUT2D eigenvalue weighted by molar-refractivity contribution is -0.132. The summed E-state index contributed by atoms with van der Waals surface area (Å²) in [6, 6.07) is 5.46. The molecule has 0 saturated carbocycles. The van der Waals surface area contributed by atoms with Crippen molar-refractivity contribution in [2.45, 2.75) is 20.3 Å². The van der Waals surface area contributed by atoms with Gasteiger partial charge in [-0.15, -0.1) is 0 Å². The average molecular weight is 275 g/mol. The predicted octanol–water partition coefficient (Wildman–Crippen LogP) is 2.74. The average Bonchev–Trinajstić information content (AvgIpc) is 2.44. The number of carbonyl (C=O) groups excluding carboxylic acids is 1. The van der Waals surface area contributed by atoms with Crippen LogP contribution < -0.4 is 14.2 Å². The highest BCUT2D eigenvalue weighted by Gasteiger charge is 2.12. The van der Waals surface area contributed by atoms with Crippen LogP contribution in [0.5, 0.6) is 17.4 Å². The third-order valence-corrected chi connectivity index (χ3v) is 2.97. The number of fused-ring (bicyclic) bond motifs is 1. The molecule has 0 amide bonds. The van der Waals surface area contributed by atoms with Gasteiger partial charge in [-0.25, -0.2) is 4.98 Å². The molecule has 5 heteroatoms. The number of ether oxygens (including phenoxy) is 3. The molecule has 0 unspecified atom stereocenters. The Morgan fingerprint density at radius 1 is 1.15 bits per heavy atom. The van der Waals surface area contributed by atoms with Gasteiger partial charge in [-0.1, -0.05) is 6.92 Å². The van der Waals surface area contributed by atoms with Crippen LogP contribution in [0.25, 0.3) is 10.8 Å². The van der Waals surface area contributed by atoms with Gasteiger partial charge in [0.1, 0.15) is 0 Å². The highest BCUT2D eigenvalue weighted by Crippen LogP contribution is 2.34. The van der Waals surface area contributed by atoms with Crippen molar-refractivity contribution in [3.63, 3.8) is 0 Å². The van der Waals surface area contributed by atoms with Gasteiger partial charge in [0.05, 0.1) is 19.9 Å².